The highest BCUT2D eigenvalue weighted by Gasteiger charge is 2.46. The van der Waals surface area contributed by atoms with E-state index in [2.05, 4.69) is 10.2 Å². The van der Waals surface area contributed by atoms with E-state index in [1.54, 1.807) is 12.1 Å². The van der Waals surface area contributed by atoms with Crippen molar-refractivity contribution in [2.75, 3.05) is 24.4 Å². The number of sulfonamides is 1. The molecule has 4 heterocycles. The third kappa shape index (κ3) is 4.96. The summed E-state index contributed by atoms with van der Waals surface area (Å²) in [6.07, 6.45) is 2.16. The van der Waals surface area contributed by atoms with Gasteiger partial charge in [0.2, 0.25) is 0 Å². The van der Waals surface area contributed by atoms with E-state index in [4.69, 9.17) is 4.74 Å². The third-order valence-corrected chi connectivity index (χ3v) is 7.46. The molecule has 1 amide bonds. The molecule has 3 fully saturated rings. The van der Waals surface area contributed by atoms with Crippen molar-refractivity contribution in [2.45, 2.75) is 24.4 Å². The van der Waals surface area contributed by atoms with Crippen LogP contribution in [0.5, 0.6) is 10.8 Å². The molecular weight excluding hydrogens is 455 g/mol. The first-order valence-corrected chi connectivity index (χ1v) is 11.9. The largest absolute Gasteiger partial charge is 0.516 e. The number of amides is 1. The number of nitrogens with zero attached hydrogens (tertiary/aromatic N) is 1. The maximum atomic E-state index is 12.6. The van der Waals surface area contributed by atoms with Crippen molar-refractivity contribution in [3.05, 3.63) is 41.3 Å². The van der Waals surface area contributed by atoms with E-state index in [0.29, 0.717) is 15.9 Å². The Balaban J connectivity index is 1.39. The smallest absolute Gasteiger partial charge is 0.447 e. The van der Waals surface area contributed by atoms with E-state index in [0.717, 1.165) is 49.9 Å². The average molecular weight is 476 g/mol. The van der Waals surface area contributed by atoms with Crippen molar-refractivity contribution >= 4 is 33.0 Å². The maximum absolute atomic E-state index is 12.6. The molecule has 3 saturated heterocycles. The van der Waals surface area contributed by atoms with Crippen molar-refractivity contribution in [3.8, 4) is 10.8 Å². The van der Waals surface area contributed by atoms with Gasteiger partial charge in [0.1, 0.15) is 5.75 Å². The van der Waals surface area contributed by atoms with Crippen LogP contribution in [-0.2, 0) is 10.0 Å². The molecule has 1 aromatic heterocycles. The molecule has 2 aromatic rings. The average Bonchev–Trinajstić information content (AvgIpc) is 3.16. The first-order chi connectivity index (χ1) is 14.6. The Bertz CT molecular complexity index is 1060. The van der Waals surface area contributed by atoms with Gasteiger partial charge < -0.3 is 15.0 Å². The highest BCUT2D eigenvalue weighted by atomic mass is 32.2. The minimum Gasteiger partial charge on any atom is -0.447 e. The summed E-state index contributed by atoms with van der Waals surface area (Å²) in [6, 6.07) is 8.47. The van der Waals surface area contributed by atoms with Crippen molar-refractivity contribution in [2.24, 2.45) is 5.92 Å². The van der Waals surface area contributed by atoms with Crippen LogP contribution < -0.4 is 14.8 Å². The molecule has 3 aliphatic heterocycles. The van der Waals surface area contributed by atoms with Crippen LogP contribution in [0.1, 0.15) is 22.5 Å². The number of fused-ring (bicyclic) bond motifs is 3. The highest BCUT2D eigenvalue weighted by molar-refractivity contribution is 7.93. The normalized spacial score (nSPS) is 23.4. The molecule has 3 aliphatic rings. The number of carbonyl (C=O) groups is 1. The Morgan fingerprint density at radius 2 is 1.90 bits per heavy atom. The lowest BCUT2D eigenvalue weighted by molar-refractivity contribution is -0.0429. The molecule has 1 atom stereocenters. The first kappa shape index (κ1) is 21.9. The second kappa shape index (κ2) is 8.32. The zero-order valence-corrected chi connectivity index (χ0v) is 17.8. The fourth-order valence-electron chi connectivity index (χ4n) is 3.82. The summed E-state index contributed by atoms with van der Waals surface area (Å²) in [6.45, 7) is 3.00. The number of ether oxygens (including phenoxy) is 1. The van der Waals surface area contributed by atoms with Gasteiger partial charge >= 0.3 is 15.5 Å². The molecule has 1 aromatic carbocycles. The molecule has 7 nitrogen and oxygen atoms in total. The van der Waals surface area contributed by atoms with Gasteiger partial charge in [-0.15, -0.1) is 0 Å². The summed E-state index contributed by atoms with van der Waals surface area (Å²) in [4.78, 5) is 15.4. The van der Waals surface area contributed by atoms with E-state index >= 15 is 0 Å². The number of nitrogens with one attached hydrogen (secondary N) is 2. The molecule has 0 radical (unpaired) electrons. The monoisotopic (exact) mass is 475 g/mol. The summed E-state index contributed by atoms with van der Waals surface area (Å²) in [5, 5.41) is 3.44. The number of thiophene rings is 1. The Labute approximate surface area is 181 Å². The molecule has 0 aliphatic carbocycles. The van der Waals surface area contributed by atoms with Crippen molar-refractivity contribution < 1.29 is 31.1 Å². The predicted octanol–water partition coefficient (Wildman–Crippen LogP) is 3.63. The molecular formula is C19H20F3N3O4S2. The lowest BCUT2D eigenvalue weighted by atomic mass is 9.84. The molecule has 12 heteroatoms. The standard InChI is InChI=1S/C19H20F3N3O4S2/c20-19(21,22)31(27,28)24-13-2-1-3-14(10-13)29-17-5-4-16(30-17)18(26)23-15-11-25-8-6-12(15)7-9-25/h1-5,10,12,15,24H,6-9,11H2,(H,23,26)/t15-/m0/s1. The molecule has 2 N–H and O–H groups in total. The van der Waals surface area contributed by atoms with Gasteiger partial charge in [0.05, 0.1) is 10.6 Å². The number of hydrogen-bond acceptors (Lipinski definition) is 6. The Morgan fingerprint density at radius 3 is 2.55 bits per heavy atom. The zero-order chi connectivity index (χ0) is 22.2. The third-order valence-electron chi connectivity index (χ3n) is 5.39. The fourth-order valence-corrected chi connectivity index (χ4v) is 5.15. The van der Waals surface area contributed by atoms with Crippen LogP contribution in [0, 0.1) is 5.92 Å². The van der Waals surface area contributed by atoms with Gasteiger partial charge in [-0.3, -0.25) is 9.52 Å². The van der Waals surface area contributed by atoms with E-state index in [-0.39, 0.29) is 23.4 Å². The summed E-state index contributed by atoms with van der Waals surface area (Å²) in [5.74, 6) is 0.437. The molecule has 2 bridgehead atoms. The minimum atomic E-state index is -5.52. The van der Waals surface area contributed by atoms with Crippen molar-refractivity contribution in [3.63, 3.8) is 0 Å². The van der Waals surface area contributed by atoms with Gasteiger partial charge in [-0.05, 0) is 56.1 Å². The molecule has 168 valence electrons. The van der Waals surface area contributed by atoms with E-state index < -0.39 is 15.5 Å². The van der Waals surface area contributed by atoms with Crippen LogP contribution in [-0.4, -0.2) is 50.4 Å². The number of hydrogen-bond donors (Lipinski definition) is 2. The Morgan fingerprint density at radius 1 is 1.16 bits per heavy atom. The Kier molecular flexibility index (Phi) is 5.88. The van der Waals surface area contributed by atoms with E-state index in [9.17, 15) is 26.4 Å². The van der Waals surface area contributed by atoms with E-state index in [1.165, 1.54) is 22.9 Å². The number of benzene rings is 1. The fraction of sp³-hybridized carbons (Fsp3) is 0.421. The van der Waals surface area contributed by atoms with Gasteiger partial charge in [-0.2, -0.15) is 21.6 Å². The summed E-state index contributed by atoms with van der Waals surface area (Å²) >= 11 is 1.10. The minimum absolute atomic E-state index is 0.125. The Hall–Kier alpha value is -2.31. The summed E-state index contributed by atoms with van der Waals surface area (Å²) < 4.78 is 67.2. The van der Waals surface area contributed by atoms with Crippen LogP contribution in [0.3, 0.4) is 0 Å². The second-order valence-electron chi connectivity index (χ2n) is 7.52. The first-order valence-electron chi connectivity index (χ1n) is 9.61. The highest BCUT2D eigenvalue weighted by Crippen LogP contribution is 2.33. The second-order valence-corrected chi connectivity index (χ2v) is 10.2. The zero-order valence-electron chi connectivity index (χ0n) is 16.2. The molecule has 5 rings (SSSR count). The van der Waals surface area contributed by atoms with Crippen molar-refractivity contribution in [1.29, 1.82) is 0 Å². The quantitative estimate of drug-likeness (QED) is 0.666. The van der Waals surface area contributed by atoms with Crippen LogP contribution in [0.2, 0.25) is 0 Å². The topological polar surface area (TPSA) is 87.7 Å². The molecule has 0 unspecified atom stereocenters. The van der Waals surface area contributed by atoms with Crippen LogP contribution in [0.15, 0.2) is 36.4 Å². The number of carbonyl (C=O) groups excluding carboxylic acids is 1. The van der Waals surface area contributed by atoms with Gasteiger partial charge in [0.15, 0.2) is 5.06 Å². The maximum Gasteiger partial charge on any atom is 0.516 e. The van der Waals surface area contributed by atoms with Crippen molar-refractivity contribution in [1.82, 2.24) is 10.2 Å². The SMILES string of the molecule is O=C(N[C@H]1CN2CCC1CC2)c1ccc(Oc2cccc(NS(=O)(=O)C(F)(F)F)c2)s1. The number of piperidine rings is 3. The number of alkyl halides is 3. The van der Waals surface area contributed by atoms with Gasteiger partial charge in [0, 0.05) is 18.7 Å². The summed E-state index contributed by atoms with van der Waals surface area (Å²) in [5.41, 5.74) is -5.71. The predicted molar refractivity (Wildman–Crippen MR) is 110 cm³/mol. The molecule has 0 spiro atoms. The summed E-state index contributed by atoms with van der Waals surface area (Å²) in [7, 11) is -5.52. The lowest BCUT2D eigenvalue weighted by Crippen LogP contribution is -2.57. The van der Waals surface area contributed by atoms with Gasteiger partial charge in [-0.25, -0.2) is 0 Å². The van der Waals surface area contributed by atoms with Crippen LogP contribution in [0.25, 0.3) is 0 Å². The number of rotatable bonds is 6. The van der Waals surface area contributed by atoms with Gasteiger partial charge in [0.25, 0.3) is 5.91 Å². The van der Waals surface area contributed by atoms with Crippen LogP contribution in [0.4, 0.5) is 18.9 Å². The van der Waals surface area contributed by atoms with E-state index in [1.807, 2.05) is 0 Å². The lowest BCUT2D eigenvalue weighted by Gasteiger charge is -2.44. The number of halogens is 3. The molecule has 31 heavy (non-hydrogen) atoms. The van der Waals surface area contributed by atoms with Crippen LogP contribution >= 0.6 is 11.3 Å². The van der Waals surface area contributed by atoms with Gasteiger partial charge in [-0.1, -0.05) is 17.4 Å². The number of anilines is 1. The molecule has 0 saturated carbocycles.